The van der Waals surface area contributed by atoms with Gasteiger partial charge in [-0.2, -0.15) is 5.01 Å². The third-order valence-corrected chi connectivity index (χ3v) is 9.34. The zero-order valence-corrected chi connectivity index (χ0v) is 27.1. The van der Waals surface area contributed by atoms with Crippen LogP contribution in [0.3, 0.4) is 0 Å². The number of nitrogens with zero attached hydrogens (tertiary/aromatic N) is 5. The number of carbonyl (C=O) groups excluding carboxylic acids is 3. The van der Waals surface area contributed by atoms with Crippen molar-refractivity contribution < 1.29 is 29.3 Å². The fourth-order valence-electron chi connectivity index (χ4n) is 6.29. The number of aromatic nitrogens is 1. The second-order valence-electron chi connectivity index (χ2n) is 11.9. The number of carbonyl (C=O) groups is 3. The minimum atomic E-state index is -0.925. The molecule has 2 fully saturated rings. The number of urea groups is 1. The number of benzene rings is 3. The number of phenols is 2. The first-order valence-electron chi connectivity index (χ1n) is 15.2. The first kappa shape index (κ1) is 31.9. The molecule has 2 atom stereocenters. The molecule has 1 aromatic heterocycles. The molecule has 0 radical (unpaired) electrons. The highest BCUT2D eigenvalue weighted by molar-refractivity contribution is 7.22. The molecule has 4 amide bonds. The molecule has 0 bridgehead atoms. The molecule has 13 nitrogen and oxygen atoms in total. The van der Waals surface area contributed by atoms with Gasteiger partial charge in [0.05, 0.1) is 30.4 Å². The normalized spacial score (nSPS) is 18.2. The van der Waals surface area contributed by atoms with Crippen LogP contribution < -0.4 is 15.8 Å². The molecule has 6 rings (SSSR count). The van der Waals surface area contributed by atoms with Gasteiger partial charge in [-0.3, -0.25) is 14.6 Å². The number of aromatic hydroxyl groups is 2. The van der Waals surface area contributed by atoms with Gasteiger partial charge < -0.3 is 35.8 Å². The smallest absolute Gasteiger partial charge is 0.332 e. The fraction of sp³-hybridized carbons (Fsp3) is 0.333. The number of nitrogens with two attached hydrogens (primary N) is 1. The summed E-state index contributed by atoms with van der Waals surface area (Å²) in [7, 11) is 1.59. The van der Waals surface area contributed by atoms with Crippen LogP contribution in [0.15, 0.2) is 60.7 Å². The number of ether oxygens (including phenoxy) is 1. The number of thiazole rings is 1. The number of piperazine rings is 1. The molecule has 0 spiro atoms. The minimum Gasteiger partial charge on any atom is -0.504 e. The van der Waals surface area contributed by atoms with Gasteiger partial charge in [-0.05, 0) is 60.9 Å². The summed E-state index contributed by atoms with van der Waals surface area (Å²) < 4.78 is 6.13. The summed E-state index contributed by atoms with van der Waals surface area (Å²) in [6.07, 6.45) is -0.553. The highest BCUT2D eigenvalue weighted by Crippen LogP contribution is 2.34. The van der Waals surface area contributed by atoms with Crippen molar-refractivity contribution in [1.82, 2.24) is 30.1 Å². The standard InChI is InChI=1S/C33H37N7O6S/c1-19(2)40(33(45)35-15-20-7-10-23(46-3)11-8-20)38-18-29(43)39-24(13-21-9-12-25(41)26(42)14-21)31(44)37(17-28(38)39)16-22-5-4-6-27-30(22)36-32(34)47-27/h4-12,14,19,24,28,41-42H,13,15-18H2,1-3H3,(H2,34,36)(H,35,45)/t24-,28+/m0/s1. The van der Waals surface area contributed by atoms with Gasteiger partial charge in [-0.1, -0.05) is 41.7 Å². The van der Waals surface area contributed by atoms with Gasteiger partial charge in [-0.15, -0.1) is 0 Å². The molecule has 2 saturated heterocycles. The molecule has 2 aliphatic rings. The predicted molar refractivity (Wildman–Crippen MR) is 176 cm³/mol. The van der Waals surface area contributed by atoms with Crippen LogP contribution in [0.4, 0.5) is 9.93 Å². The van der Waals surface area contributed by atoms with Crippen LogP contribution in [0.1, 0.15) is 30.5 Å². The summed E-state index contributed by atoms with van der Waals surface area (Å²) >= 11 is 1.37. The third kappa shape index (κ3) is 6.33. The Kier molecular flexibility index (Phi) is 8.80. The molecule has 5 N–H and O–H groups in total. The predicted octanol–water partition coefficient (Wildman–Crippen LogP) is 3.26. The Balaban J connectivity index is 1.31. The lowest BCUT2D eigenvalue weighted by molar-refractivity contribution is -0.158. The molecule has 0 aliphatic carbocycles. The molecule has 14 heteroatoms. The van der Waals surface area contributed by atoms with Crippen LogP contribution in [-0.2, 0) is 29.1 Å². The number of phenolic OH excluding ortho intramolecular Hbond substituents is 2. The van der Waals surface area contributed by atoms with E-state index in [0.29, 0.717) is 22.0 Å². The maximum absolute atomic E-state index is 14.2. The second kappa shape index (κ2) is 13.0. The second-order valence-corrected chi connectivity index (χ2v) is 13.0. The molecule has 246 valence electrons. The number of rotatable bonds is 9. The quantitative estimate of drug-likeness (QED) is 0.198. The first-order valence-corrected chi connectivity index (χ1v) is 16.1. The van der Waals surface area contributed by atoms with Gasteiger partial charge >= 0.3 is 6.03 Å². The van der Waals surface area contributed by atoms with Crippen LogP contribution in [0.5, 0.6) is 17.2 Å². The summed E-state index contributed by atoms with van der Waals surface area (Å²) in [5.74, 6) is -0.456. The van der Waals surface area contributed by atoms with Gasteiger partial charge in [-0.25, -0.2) is 9.78 Å². The molecule has 4 aromatic rings. The van der Waals surface area contributed by atoms with Crippen LogP contribution in [0.25, 0.3) is 10.2 Å². The topological polar surface area (TPSA) is 165 Å². The number of nitrogens with one attached hydrogen (secondary N) is 1. The summed E-state index contributed by atoms with van der Waals surface area (Å²) in [4.78, 5) is 49.5. The average Bonchev–Trinajstić information content (AvgIpc) is 3.58. The van der Waals surface area contributed by atoms with Crippen molar-refractivity contribution in [3.05, 3.63) is 77.4 Å². The summed E-state index contributed by atoms with van der Waals surface area (Å²) in [5, 5.41) is 26.7. The van der Waals surface area contributed by atoms with E-state index >= 15 is 0 Å². The molecule has 0 unspecified atom stereocenters. The van der Waals surface area contributed by atoms with Gasteiger partial charge in [0.2, 0.25) is 11.8 Å². The molecular formula is C33H37N7O6S. The van der Waals surface area contributed by atoms with Crippen molar-refractivity contribution in [2.75, 3.05) is 25.9 Å². The monoisotopic (exact) mass is 659 g/mol. The number of hydrazine groups is 1. The Labute approximate surface area is 275 Å². The lowest BCUT2D eigenvalue weighted by Crippen LogP contribution is -2.66. The molecule has 2 aliphatic heterocycles. The summed E-state index contributed by atoms with van der Waals surface area (Å²) in [5.41, 5.74) is 8.98. The maximum atomic E-state index is 14.2. The maximum Gasteiger partial charge on any atom is 0.332 e. The molecular weight excluding hydrogens is 622 g/mol. The van der Waals surface area contributed by atoms with Crippen molar-refractivity contribution in [2.24, 2.45) is 0 Å². The van der Waals surface area contributed by atoms with Crippen molar-refractivity contribution in [1.29, 1.82) is 0 Å². The zero-order chi connectivity index (χ0) is 33.4. The Morgan fingerprint density at radius 3 is 2.55 bits per heavy atom. The number of nitrogen functional groups attached to an aromatic ring is 1. The van der Waals surface area contributed by atoms with Crippen LogP contribution in [-0.4, -0.2) is 91.3 Å². The number of amides is 4. The number of hydrogen-bond donors (Lipinski definition) is 4. The van der Waals surface area contributed by atoms with Crippen LogP contribution >= 0.6 is 11.3 Å². The largest absolute Gasteiger partial charge is 0.504 e. The zero-order valence-electron chi connectivity index (χ0n) is 26.3. The van der Waals surface area contributed by atoms with Gasteiger partial charge in [0, 0.05) is 25.6 Å². The third-order valence-electron chi connectivity index (χ3n) is 8.49. The SMILES string of the molecule is COc1ccc(CNC(=O)N(C(C)C)N2CC(=O)N3[C@@H](Cc4ccc(O)c(O)c4)C(=O)N(Cc4cccc5sc(N)nc45)C[C@@H]32)cc1. The van der Waals surface area contributed by atoms with E-state index in [1.165, 1.54) is 23.5 Å². The molecule has 0 saturated carbocycles. The van der Waals surface area contributed by atoms with E-state index < -0.39 is 12.2 Å². The van der Waals surface area contributed by atoms with E-state index in [1.807, 2.05) is 56.3 Å². The average molecular weight is 660 g/mol. The van der Waals surface area contributed by atoms with Crippen molar-refractivity contribution in [2.45, 2.75) is 51.6 Å². The van der Waals surface area contributed by atoms with Crippen molar-refractivity contribution in [3.63, 3.8) is 0 Å². The van der Waals surface area contributed by atoms with Crippen molar-refractivity contribution in [3.8, 4) is 17.2 Å². The van der Waals surface area contributed by atoms with E-state index in [4.69, 9.17) is 10.5 Å². The molecule has 3 heterocycles. The van der Waals surface area contributed by atoms with Gasteiger partial charge in [0.25, 0.3) is 0 Å². The number of methoxy groups -OCH3 is 1. The van der Waals surface area contributed by atoms with Crippen LogP contribution in [0.2, 0.25) is 0 Å². The highest BCUT2D eigenvalue weighted by Gasteiger charge is 2.52. The van der Waals surface area contributed by atoms with E-state index in [-0.39, 0.29) is 68.0 Å². The Bertz CT molecular complexity index is 1810. The van der Waals surface area contributed by atoms with Crippen molar-refractivity contribution >= 4 is 44.5 Å². The van der Waals surface area contributed by atoms with E-state index in [2.05, 4.69) is 10.3 Å². The number of hydrogen-bond acceptors (Lipinski definition) is 10. The highest BCUT2D eigenvalue weighted by atomic mass is 32.1. The lowest BCUT2D eigenvalue weighted by Gasteiger charge is -2.47. The van der Waals surface area contributed by atoms with Crippen LogP contribution in [0, 0.1) is 0 Å². The first-order chi connectivity index (χ1) is 22.5. The van der Waals surface area contributed by atoms with E-state index in [1.54, 1.807) is 33.0 Å². The Hall–Kier alpha value is -5.08. The number of fused-ring (bicyclic) bond motifs is 2. The summed E-state index contributed by atoms with van der Waals surface area (Å²) in [6, 6.07) is 15.8. The summed E-state index contributed by atoms with van der Waals surface area (Å²) in [6.45, 7) is 4.27. The fourth-order valence-corrected chi connectivity index (χ4v) is 7.07. The minimum absolute atomic E-state index is 0.0957. The Morgan fingerprint density at radius 1 is 1.11 bits per heavy atom. The number of para-hydroxylation sites is 1. The molecule has 47 heavy (non-hydrogen) atoms. The number of anilines is 1. The van der Waals surface area contributed by atoms with E-state index in [9.17, 15) is 24.6 Å². The van der Waals surface area contributed by atoms with Gasteiger partial charge in [0.15, 0.2) is 16.6 Å². The Morgan fingerprint density at radius 2 is 1.85 bits per heavy atom. The lowest BCUT2D eigenvalue weighted by atomic mass is 9.99. The van der Waals surface area contributed by atoms with E-state index in [0.717, 1.165) is 15.8 Å². The molecule has 3 aromatic carbocycles. The van der Waals surface area contributed by atoms with Gasteiger partial charge in [0.1, 0.15) is 18.0 Å².